The van der Waals surface area contributed by atoms with Crippen molar-refractivity contribution in [1.82, 2.24) is 4.98 Å². The van der Waals surface area contributed by atoms with E-state index in [-0.39, 0.29) is 10.6 Å². The molecule has 0 saturated heterocycles. The van der Waals surface area contributed by atoms with Gasteiger partial charge in [-0.3, -0.25) is 15.1 Å². The molecule has 1 aromatic carbocycles. The van der Waals surface area contributed by atoms with E-state index in [1.165, 1.54) is 25.3 Å². The predicted octanol–water partition coefficient (Wildman–Crippen LogP) is 4.20. The Morgan fingerprint density at radius 1 is 1.24 bits per heavy atom. The number of benzene rings is 1. The summed E-state index contributed by atoms with van der Waals surface area (Å²) in [6, 6.07) is 7.31. The van der Waals surface area contributed by atoms with Crippen molar-refractivity contribution in [2.24, 2.45) is 0 Å². The summed E-state index contributed by atoms with van der Waals surface area (Å²) >= 11 is 0. The molecule has 21 heavy (non-hydrogen) atoms. The summed E-state index contributed by atoms with van der Waals surface area (Å²) in [6.07, 6.45) is 6.13. The van der Waals surface area contributed by atoms with Crippen molar-refractivity contribution in [2.45, 2.75) is 45.1 Å². The van der Waals surface area contributed by atoms with Gasteiger partial charge in [0.1, 0.15) is 0 Å². The van der Waals surface area contributed by atoms with Crippen LogP contribution in [0.2, 0.25) is 0 Å². The van der Waals surface area contributed by atoms with Gasteiger partial charge in [-0.15, -0.1) is 0 Å². The summed E-state index contributed by atoms with van der Waals surface area (Å²) in [5.41, 5.74) is 2.81. The summed E-state index contributed by atoms with van der Waals surface area (Å²) in [6.45, 7) is 1.95. The van der Waals surface area contributed by atoms with Crippen LogP contribution in [0.5, 0.6) is 0 Å². The Morgan fingerprint density at radius 3 is 2.71 bits per heavy atom. The molecule has 1 heterocycles. The first-order valence-corrected chi connectivity index (χ1v) is 7.46. The highest BCUT2D eigenvalue weighted by atomic mass is 16.6. The van der Waals surface area contributed by atoms with Gasteiger partial charge in [0.15, 0.2) is 0 Å². The molecule has 0 bridgehead atoms. The van der Waals surface area contributed by atoms with Crippen molar-refractivity contribution in [3.05, 3.63) is 40.1 Å². The number of nitrogens with one attached hydrogen (secondary N) is 1. The van der Waals surface area contributed by atoms with E-state index in [1.54, 1.807) is 12.1 Å². The summed E-state index contributed by atoms with van der Waals surface area (Å²) in [5, 5.41) is 15.4. The lowest BCUT2D eigenvalue weighted by Crippen LogP contribution is -2.22. The van der Waals surface area contributed by atoms with E-state index in [1.807, 2.05) is 13.0 Å². The molecule has 2 aromatic rings. The number of nitro groups is 1. The molecule has 5 nitrogen and oxygen atoms in total. The molecule has 3 rings (SSSR count). The van der Waals surface area contributed by atoms with Crippen LogP contribution in [0.15, 0.2) is 24.3 Å². The van der Waals surface area contributed by atoms with Crippen LogP contribution in [0.4, 0.5) is 11.4 Å². The van der Waals surface area contributed by atoms with E-state index in [0.29, 0.717) is 6.04 Å². The molecule has 110 valence electrons. The lowest BCUT2D eigenvalue weighted by atomic mass is 9.95. The number of nitro benzene ring substituents is 1. The van der Waals surface area contributed by atoms with Crippen molar-refractivity contribution in [1.29, 1.82) is 0 Å². The average Bonchev–Trinajstić information content (AvgIpc) is 2.47. The smallest absolute Gasteiger partial charge is 0.270 e. The third kappa shape index (κ3) is 2.96. The van der Waals surface area contributed by atoms with E-state index in [4.69, 9.17) is 0 Å². The number of fused-ring (bicyclic) bond motifs is 1. The number of nitrogens with zero attached hydrogens (tertiary/aromatic N) is 2. The number of aryl methyl sites for hydroxylation is 1. The van der Waals surface area contributed by atoms with E-state index < -0.39 is 0 Å². The zero-order chi connectivity index (χ0) is 14.8. The normalized spacial score (nSPS) is 16.0. The Balaban J connectivity index is 2.01. The van der Waals surface area contributed by atoms with Crippen LogP contribution in [-0.4, -0.2) is 15.9 Å². The summed E-state index contributed by atoms with van der Waals surface area (Å²) in [4.78, 5) is 15.1. The molecule has 1 N–H and O–H groups in total. The molecule has 1 saturated carbocycles. The molecule has 5 heteroatoms. The molecule has 0 aliphatic heterocycles. The van der Waals surface area contributed by atoms with Crippen LogP contribution in [0, 0.1) is 17.0 Å². The van der Waals surface area contributed by atoms with Crippen LogP contribution in [-0.2, 0) is 0 Å². The van der Waals surface area contributed by atoms with Crippen molar-refractivity contribution in [2.75, 3.05) is 5.32 Å². The fourth-order valence-corrected chi connectivity index (χ4v) is 3.05. The quantitative estimate of drug-likeness (QED) is 0.678. The van der Waals surface area contributed by atoms with E-state index in [9.17, 15) is 10.1 Å². The van der Waals surface area contributed by atoms with Crippen molar-refractivity contribution >= 4 is 22.3 Å². The van der Waals surface area contributed by atoms with Gasteiger partial charge in [0.2, 0.25) is 0 Å². The average molecular weight is 285 g/mol. The molecular formula is C16H19N3O2. The van der Waals surface area contributed by atoms with Crippen LogP contribution in [0.3, 0.4) is 0 Å². The Morgan fingerprint density at radius 2 is 2.00 bits per heavy atom. The third-order valence-corrected chi connectivity index (χ3v) is 4.10. The Bertz CT molecular complexity index is 679. The Labute approximate surface area is 123 Å². The first-order valence-electron chi connectivity index (χ1n) is 7.46. The second kappa shape index (κ2) is 5.68. The fraction of sp³-hybridized carbons (Fsp3) is 0.438. The first kappa shape index (κ1) is 13.8. The lowest BCUT2D eigenvalue weighted by Gasteiger charge is -2.24. The number of rotatable bonds is 3. The summed E-state index contributed by atoms with van der Waals surface area (Å²) in [5.74, 6) is 0. The molecule has 0 unspecified atom stereocenters. The standard InChI is InChI=1S/C16H19N3O2/c1-11-9-16(18-12-5-3-2-4-6-12)14-10-13(19(20)21)7-8-15(14)17-11/h7-10,12H,2-6H2,1H3,(H,17,18). The van der Waals surface area contributed by atoms with E-state index >= 15 is 0 Å². The highest BCUT2D eigenvalue weighted by Gasteiger charge is 2.16. The van der Waals surface area contributed by atoms with Crippen LogP contribution >= 0.6 is 0 Å². The van der Waals surface area contributed by atoms with Gasteiger partial charge in [0, 0.05) is 34.9 Å². The number of anilines is 1. The minimum absolute atomic E-state index is 0.111. The third-order valence-electron chi connectivity index (χ3n) is 4.10. The molecule has 1 fully saturated rings. The molecule has 0 atom stereocenters. The monoisotopic (exact) mass is 285 g/mol. The molecule has 1 aliphatic carbocycles. The number of hydrogen-bond donors (Lipinski definition) is 1. The topological polar surface area (TPSA) is 68.1 Å². The maximum atomic E-state index is 11.0. The second-order valence-corrected chi connectivity index (χ2v) is 5.75. The minimum atomic E-state index is -0.357. The van der Waals surface area contributed by atoms with Gasteiger partial charge in [-0.25, -0.2) is 0 Å². The Hall–Kier alpha value is -2.17. The van der Waals surface area contributed by atoms with Gasteiger partial charge < -0.3 is 5.32 Å². The maximum absolute atomic E-state index is 11.0. The molecule has 1 aromatic heterocycles. The van der Waals surface area contributed by atoms with Gasteiger partial charge in [-0.05, 0) is 31.9 Å². The second-order valence-electron chi connectivity index (χ2n) is 5.75. The van der Waals surface area contributed by atoms with Gasteiger partial charge in [-0.1, -0.05) is 19.3 Å². The van der Waals surface area contributed by atoms with Gasteiger partial charge in [0.25, 0.3) is 5.69 Å². The lowest BCUT2D eigenvalue weighted by molar-refractivity contribution is -0.384. The Kier molecular flexibility index (Phi) is 3.73. The van der Waals surface area contributed by atoms with Gasteiger partial charge >= 0.3 is 0 Å². The zero-order valence-electron chi connectivity index (χ0n) is 12.1. The fourth-order valence-electron chi connectivity index (χ4n) is 3.05. The van der Waals surface area contributed by atoms with Crippen molar-refractivity contribution in [3.63, 3.8) is 0 Å². The molecule has 0 spiro atoms. The molecule has 0 amide bonds. The van der Waals surface area contributed by atoms with E-state index in [2.05, 4.69) is 10.3 Å². The molecule has 0 radical (unpaired) electrons. The number of pyridine rings is 1. The predicted molar refractivity (Wildman–Crippen MR) is 83.6 cm³/mol. The first-order chi connectivity index (χ1) is 10.1. The molecular weight excluding hydrogens is 266 g/mol. The van der Waals surface area contributed by atoms with Crippen LogP contribution in [0.1, 0.15) is 37.8 Å². The van der Waals surface area contributed by atoms with E-state index in [0.717, 1.165) is 35.1 Å². The van der Waals surface area contributed by atoms with Gasteiger partial charge in [-0.2, -0.15) is 0 Å². The minimum Gasteiger partial charge on any atom is -0.382 e. The summed E-state index contributed by atoms with van der Waals surface area (Å²) < 4.78 is 0. The highest BCUT2D eigenvalue weighted by molar-refractivity contribution is 5.93. The number of non-ortho nitro benzene ring substituents is 1. The van der Waals surface area contributed by atoms with Crippen molar-refractivity contribution in [3.8, 4) is 0 Å². The maximum Gasteiger partial charge on any atom is 0.270 e. The van der Waals surface area contributed by atoms with Crippen molar-refractivity contribution < 1.29 is 4.92 Å². The number of aromatic nitrogens is 1. The van der Waals surface area contributed by atoms with Crippen LogP contribution < -0.4 is 5.32 Å². The van der Waals surface area contributed by atoms with Crippen LogP contribution in [0.25, 0.3) is 10.9 Å². The number of hydrogen-bond acceptors (Lipinski definition) is 4. The largest absolute Gasteiger partial charge is 0.382 e. The van der Waals surface area contributed by atoms with Gasteiger partial charge in [0.05, 0.1) is 10.4 Å². The SMILES string of the molecule is Cc1cc(NC2CCCCC2)c2cc([N+](=O)[O-])ccc2n1. The summed E-state index contributed by atoms with van der Waals surface area (Å²) in [7, 11) is 0. The highest BCUT2D eigenvalue weighted by Crippen LogP contribution is 2.29. The zero-order valence-corrected chi connectivity index (χ0v) is 12.1. The molecule has 1 aliphatic rings.